The molecule has 1 heterocycles. The Bertz CT molecular complexity index is 564. The van der Waals surface area contributed by atoms with Crippen molar-refractivity contribution >= 4 is 57.4 Å². The van der Waals surface area contributed by atoms with E-state index in [4.69, 9.17) is 34.8 Å². The summed E-state index contributed by atoms with van der Waals surface area (Å²) in [5, 5.41) is 1.33. The third kappa shape index (κ3) is 2.67. The highest BCUT2D eigenvalue weighted by atomic mass is 127. The van der Waals surface area contributed by atoms with Gasteiger partial charge in [-0.1, -0.05) is 40.9 Å². The number of aryl methyl sites for hydroxylation is 1. The summed E-state index contributed by atoms with van der Waals surface area (Å²) < 4.78 is 0.839. The van der Waals surface area contributed by atoms with Crippen LogP contribution in [-0.4, -0.2) is 9.97 Å². The maximum absolute atomic E-state index is 6.12. The zero-order valence-electron chi connectivity index (χ0n) is 8.64. The Balaban J connectivity index is 2.65. The van der Waals surface area contributed by atoms with Crippen LogP contribution in [0.3, 0.4) is 0 Å². The molecule has 0 amide bonds. The predicted molar refractivity (Wildman–Crippen MR) is 80.0 cm³/mol. The number of aromatic nitrogens is 2. The summed E-state index contributed by atoms with van der Waals surface area (Å²) in [4.78, 5) is 8.57. The molecule has 0 bridgehead atoms. The zero-order valence-corrected chi connectivity index (χ0v) is 13.1. The van der Waals surface area contributed by atoms with E-state index in [0.29, 0.717) is 26.6 Å². The monoisotopic (exact) mass is 398 g/mol. The lowest BCUT2D eigenvalue weighted by Gasteiger charge is -2.07. The fourth-order valence-corrected chi connectivity index (χ4v) is 2.16. The van der Waals surface area contributed by atoms with Crippen LogP contribution in [0.15, 0.2) is 18.2 Å². The highest BCUT2D eigenvalue weighted by molar-refractivity contribution is 14.1. The minimum atomic E-state index is 0.421. The van der Waals surface area contributed by atoms with E-state index in [0.717, 1.165) is 9.26 Å². The second-order valence-corrected chi connectivity index (χ2v) is 5.56. The van der Waals surface area contributed by atoms with Crippen molar-refractivity contribution in [1.29, 1.82) is 0 Å². The van der Waals surface area contributed by atoms with E-state index in [2.05, 4.69) is 32.6 Å². The first-order valence-electron chi connectivity index (χ1n) is 4.64. The molecule has 2 rings (SSSR count). The van der Waals surface area contributed by atoms with Gasteiger partial charge in [-0.05, 0) is 41.6 Å². The van der Waals surface area contributed by atoms with Gasteiger partial charge in [0.2, 0.25) is 0 Å². The summed E-state index contributed by atoms with van der Waals surface area (Å²) in [6.45, 7) is 1.87. The van der Waals surface area contributed by atoms with Gasteiger partial charge in [0.25, 0.3) is 0 Å². The van der Waals surface area contributed by atoms with Gasteiger partial charge in [-0.25, -0.2) is 9.97 Å². The highest BCUT2D eigenvalue weighted by Gasteiger charge is 2.13. The summed E-state index contributed by atoms with van der Waals surface area (Å²) in [6, 6.07) is 5.33. The van der Waals surface area contributed by atoms with E-state index in [1.165, 1.54) is 0 Å². The molecule has 0 unspecified atom stereocenters. The maximum Gasteiger partial charge on any atom is 0.162 e. The Kier molecular flexibility index (Phi) is 4.13. The molecule has 0 aliphatic carbocycles. The fraction of sp³-hybridized carbons (Fsp3) is 0.0909. The average Bonchev–Trinajstić information content (AvgIpc) is 2.29. The van der Waals surface area contributed by atoms with Crippen molar-refractivity contribution in [2.75, 3.05) is 0 Å². The molecule has 0 aliphatic rings. The van der Waals surface area contributed by atoms with Crippen molar-refractivity contribution in [3.05, 3.63) is 42.7 Å². The van der Waals surface area contributed by atoms with Crippen LogP contribution in [-0.2, 0) is 0 Å². The topological polar surface area (TPSA) is 25.8 Å². The van der Waals surface area contributed by atoms with Gasteiger partial charge in [0.15, 0.2) is 5.82 Å². The normalized spacial score (nSPS) is 10.6. The Hall–Kier alpha value is -0.100. The Morgan fingerprint density at radius 3 is 2.47 bits per heavy atom. The Morgan fingerprint density at radius 1 is 1.12 bits per heavy atom. The molecule has 88 valence electrons. The largest absolute Gasteiger partial charge is 0.232 e. The van der Waals surface area contributed by atoms with Gasteiger partial charge in [-0.15, -0.1) is 0 Å². The molecule has 2 aromatic rings. The lowest BCUT2D eigenvalue weighted by atomic mass is 10.2. The number of rotatable bonds is 1. The molecule has 0 atom stereocenters. The van der Waals surface area contributed by atoms with Crippen molar-refractivity contribution in [1.82, 2.24) is 9.97 Å². The zero-order chi connectivity index (χ0) is 12.6. The molecule has 0 aliphatic heterocycles. The standard InChI is InChI=1S/C11H6Cl3IN2/c1-5-9(15)10(14)17-11(16-5)6-3-2-4-7(12)8(6)13/h2-4H,1H3. The van der Waals surface area contributed by atoms with E-state index < -0.39 is 0 Å². The molecule has 0 saturated heterocycles. The van der Waals surface area contributed by atoms with E-state index in [1.54, 1.807) is 12.1 Å². The van der Waals surface area contributed by atoms with Crippen LogP contribution in [0.1, 0.15) is 5.69 Å². The fourth-order valence-electron chi connectivity index (χ4n) is 1.32. The van der Waals surface area contributed by atoms with Gasteiger partial charge in [0.05, 0.1) is 19.3 Å². The predicted octanol–water partition coefficient (Wildman–Crippen LogP) is 5.02. The number of hydrogen-bond donors (Lipinski definition) is 0. The third-order valence-electron chi connectivity index (χ3n) is 2.17. The van der Waals surface area contributed by atoms with E-state index in [-0.39, 0.29) is 0 Å². The summed E-state index contributed by atoms with van der Waals surface area (Å²) in [5.74, 6) is 0.486. The molecule has 1 aromatic heterocycles. The molecule has 0 radical (unpaired) electrons. The Morgan fingerprint density at radius 2 is 1.82 bits per heavy atom. The van der Waals surface area contributed by atoms with Crippen molar-refractivity contribution in [2.45, 2.75) is 6.92 Å². The van der Waals surface area contributed by atoms with Crippen molar-refractivity contribution in [3.63, 3.8) is 0 Å². The second-order valence-electron chi connectivity index (χ2n) is 3.34. The van der Waals surface area contributed by atoms with Crippen LogP contribution in [0.5, 0.6) is 0 Å². The minimum absolute atomic E-state index is 0.421. The molecule has 2 nitrogen and oxygen atoms in total. The SMILES string of the molecule is Cc1nc(-c2cccc(Cl)c2Cl)nc(Cl)c1I. The molecule has 0 spiro atoms. The molecule has 1 aromatic carbocycles. The van der Waals surface area contributed by atoms with Gasteiger partial charge in [0.1, 0.15) is 5.15 Å². The van der Waals surface area contributed by atoms with Crippen LogP contribution < -0.4 is 0 Å². The van der Waals surface area contributed by atoms with Crippen LogP contribution >= 0.6 is 57.4 Å². The average molecular weight is 399 g/mol. The summed E-state index contributed by atoms with van der Waals surface area (Å²) in [7, 11) is 0. The van der Waals surface area contributed by atoms with Gasteiger partial charge < -0.3 is 0 Å². The summed E-state index contributed by atoms with van der Waals surface area (Å²) in [5.41, 5.74) is 1.50. The van der Waals surface area contributed by atoms with Crippen LogP contribution in [0, 0.1) is 10.5 Å². The summed E-state index contributed by atoms with van der Waals surface area (Å²) in [6.07, 6.45) is 0. The lowest BCUT2D eigenvalue weighted by Crippen LogP contribution is -1.97. The van der Waals surface area contributed by atoms with Gasteiger partial charge in [-0.3, -0.25) is 0 Å². The molecular formula is C11H6Cl3IN2. The number of benzene rings is 1. The smallest absolute Gasteiger partial charge is 0.162 e. The van der Waals surface area contributed by atoms with Crippen LogP contribution in [0.25, 0.3) is 11.4 Å². The number of halogens is 4. The van der Waals surface area contributed by atoms with E-state index in [9.17, 15) is 0 Å². The molecule has 0 saturated carbocycles. The first kappa shape index (κ1) is 13.3. The molecule has 6 heteroatoms. The highest BCUT2D eigenvalue weighted by Crippen LogP contribution is 2.33. The van der Waals surface area contributed by atoms with Gasteiger partial charge in [-0.2, -0.15) is 0 Å². The van der Waals surface area contributed by atoms with E-state index >= 15 is 0 Å². The van der Waals surface area contributed by atoms with Crippen molar-refractivity contribution in [2.24, 2.45) is 0 Å². The molecule has 0 N–H and O–H groups in total. The minimum Gasteiger partial charge on any atom is -0.232 e. The van der Waals surface area contributed by atoms with Gasteiger partial charge in [0, 0.05) is 5.56 Å². The lowest BCUT2D eigenvalue weighted by molar-refractivity contribution is 1.09. The van der Waals surface area contributed by atoms with E-state index in [1.807, 2.05) is 13.0 Å². The Labute approximate surface area is 127 Å². The van der Waals surface area contributed by atoms with Crippen molar-refractivity contribution in [3.8, 4) is 11.4 Å². The quantitative estimate of drug-likeness (QED) is 0.497. The second kappa shape index (κ2) is 5.26. The first-order chi connectivity index (χ1) is 8.00. The maximum atomic E-state index is 6.12. The third-order valence-corrected chi connectivity index (χ3v) is 4.87. The van der Waals surface area contributed by atoms with Crippen LogP contribution in [0.4, 0.5) is 0 Å². The van der Waals surface area contributed by atoms with Crippen LogP contribution in [0.2, 0.25) is 15.2 Å². The first-order valence-corrected chi connectivity index (χ1v) is 6.86. The molecular weight excluding hydrogens is 393 g/mol. The summed E-state index contributed by atoms with van der Waals surface area (Å²) >= 11 is 20.2. The molecule has 0 fully saturated rings. The van der Waals surface area contributed by atoms with Gasteiger partial charge >= 0.3 is 0 Å². The number of nitrogens with zero attached hydrogens (tertiary/aromatic N) is 2. The molecule has 17 heavy (non-hydrogen) atoms. The van der Waals surface area contributed by atoms with Crippen molar-refractivity contribution < 1.29 is 0 Å². The number of hydrogen-bond acceptors (Lipinski definition) is 2.